The van der Waals surface area contributed by atoms with E-state index in [1.807, 2.05) is 31.2 Å². The average Bonchev–Trinajstić information content (AvgIpc) is 3.01. The highest BCUT2D eigenvalue weighted by Crippen LogP contribution is 2.26. The number of rotatable bonds is 4. The molecule has 1 aromatic carbocycles. The van der Waals surface area contributed by atoms with E-state index in [4.69, 9.17) is 16.3 Å². The molecule has 0 unspecified atom stereocenters. The molecule has 0 spiro atoms. The third kappa shape index (κ3) is 3.39. The zero-order valence-electron chi connectivity index (χ0n) is 14.3. The van der Waals surface area contributed by atoms with Gasteiger partial charge in [0, 0.05) is 25.1 Å². The van der Waals surface area contributed by atoms with E-state index in [9.17, 15) is 9.59 Å². The molecule has 0 N–H and O–H groups in total. The Hall–Kier alpha value is -2.34. The van der Waals surface area contributed by atoms with Gasteiger partial charge in [-0.3, -0.25) is 4.79 Å². The van der Waals surface area contributed by atoms with Gasteiger partial charge in [-0.2, -0.15) is 5.10 Å². The van der Waals surface area contributed by atoms with Gasteiger partial charge >= 0.3 is 5.97 Å². The molecule has 25 heavy (non-hydrogen) atoms. The van der Waals surface area contributed by atoms with E-state index < -0.39 is 5.97 Å². The largest absolute Gasteiger partial charge is 0.461 e. The predicted molar refractivity (Wildman–Crippen MR) is 94.1 cm³/mol. The van der Waals surface area contributed by atoms with Crippen LogP contribution in [0.5, 0.6) is 0 Å². The van der Waals surface area contributed by atoms with Gasteiger partial charge in [-0.1, -0.05) is 17.7 Å². The number of carbonyl (C=O) groups excluding carboxylic acids is 2. The van der Waals surface area contributed by atoms with Crippen molar-refractivity contribution in [3.05, 3.63) is 46.8 Å². The van der Waals surface area contributed by atoms with E-state index >= 15 is 0 Å². The van der Waals surface area contributed by atoms with Crippen LogP contribution in [0.4, 0.5) is 0 Å². The van der Waals surface area contributed by atoms with Crippen LogP contribution < -0.4 is 0 Å². The number of esters is 1. The van der Waals surface area contributed by atoms with Gasteiger partial charge in [0.25, 0.3) is 0 Å². The molecule has 0 fully saturated rings. The number of aromatic nitrogens is 2. The number of carbonyl (C=O) groups is 2. The highest BCUT2D eigenvalue weighted by Gasteiger charge is 2.30. The summed E-state index contributed by atoms with van der Waals surface area (Å²) in [5.41, 5.74) is 3.97. The first-order valence-corrected chi connectivity index (χ1v) is 8.77. The lowest BCUT2D eigenvalue weighted by Crippen LogP contribution is -2.37. The summed E-state index contributed by atoms with van der Waals surface area (Å²) in [6.07, 6.45) is 0.609. The lowest BCUT2D eigenvalue weighted by atomic mass is 10.0. The fourth-order valence-electron chi connectivity index (χ4n) is 2.98. The summed E-state index contributed by atoms with van der Waals surface area (Å²) in [6, 6.07) is 7.93. The van der Waals surface area contributed by atoms with Crippen molar-refractivity contribution >= 4 is 23.5 Å². The van der Waals surface area contributed by atoms with E-state index in [1.54, 1.807) is 16.5 Å². The molecule has 0 atom stereocenters. The summed E-state index contributed by atoms with van der Waals surface area (Å²) in [7, 11) is 0. The van der Waals surface area contributed by atoms with E-state index in [0.717, 1.165) is 22.5 Å². The Morgan fingerprint density at radius 3 is 2.64 bits per heavy atom. The minimum Gasteiger partial charge on any atom is -0.461 e. The second-order valence-corrected chi connectivity index (χ2v) is 6.21. The van der Waals surface area contributed by atoms with Crippen LogP contribution in [0.2, 0.25) is 0 Å². The zero-order chi connectivity index (χ0) is 18.0. The van der Waals surface area contributed by atoms with Gasteiger partial charge in [-0.15, -0.1) is 11.6 Å². The molecule has 132 valence electrons. The normalized spacial score (nSPS) is 13.5. The van der Waals surface area contributed by atoms with Gasteiger partial charge in [-0.05, 0) is 26.0 Å². The first kappa shape index (κ1) is 17.5. The SMILES string of the molecule is CCOC(=O)c1nn(-c2ccc(C)cc2)c2c1CN(C(=O)CCl)CC2. The van der Waals surface area contributed by atoms with E-state index in [1.165, 1.54) is 0 Å². The minimum atomic E-state index is -0.468. The second kappa shape index (κ2) is 7.27. The van der Waals surface area contributed by atoms with Gasteiger partial charge in [0.2, 0.25) is 5.91 Å². The maximum atomic E-state index is 12.3. The first-order chi connectivity index (χ1) is 12.0. The van der Waals surface area contributed by atoms with Gasteiger partial charge in [0.1, 0.15) is 5.88 Å². The summed E-state index contributed by atoms with van der Waals surface area (Å²) in [6.45, 7) is 4.92. The number of hydrogen-bond acceptors (Lipinski definition) is 4. The molecule has 2 heterocycles. The number of hydrogen-bond donors (Lipinski definition) is 0. The Kier molecular flexibility index (Phi) is 5.08. The van der Waals surface area contributed by atoms with Gasteiger partial charge < -0.3 is 9.64 Å². The molecule has 6 nitrogen and oxygen atoms in total. The van der Waals surface area contributed by atoms with Crippen molar-refractivity contribution in [2.24, 2.45) is 0 Å². The predicted octanol–water partition coefficient (Wildman–Crippen LogP) is 2.48. The molecular formula is C18H20ClN3O3. The number of amides is 1. The molecule has 1 aliphatic heterocycles. The third-order valence-electron chi connectivity index (χ3n) is 4.27. The van der Waals surface area contributed by atoms with Crippen molar-refractivity contribution in [3.63, 3.8) is 0 Å². The molecule has 1 aliphatic rings. The van der Waals surface area contributed by atoms with Gasteiger partial charge in [0.05, 0.1) is 18.0 Å². The van der Waals surface area contributed by atoms with Crippen LogP contribution in [-0.2, 0) is 22.5 Å². The van der Waals surface area contributed by atoms with Crippen LogP contribution >= 0.6 is 11.6 Å². The van der Waals surface area contributed by atoms with Crippen LogP contribution in [0.15, 0.2) is 24.3 Å². The number of alkyl halides is 1. The van der Waals surface area contributed by atoms with E-state index in [2.05, 4.69) is 5.10 Å². The Morgan fingerprint density at radius 1 is 1.28 bits per heavy atom. The maximum Gasteiger partial charge on any atom is 0.359 e. The molecule has 1 amide bonds. The monoisotopic (exact) mass is 361 g/mol. The van der Waals surface area contributed by atoms with Crippen molar-refractivity contribution in [2.75, 3.05) is 19.0 Å². The quantitative estimate of drug-likeness (QED) is 0.620. The summed E-state index contributed by atoms with van der Waals surface area (Å²) in [5, 5.41) is 4.50. The molecule has 2 aromatic rings. The summed E-state index contributed by atoms with van der Waals surface area (Å²) in [4.78, 5) is 25.9. The van der Waals surface area contributed by atoms with Crippen molar-refractivity contribution in [3.8, 4) is 5.69 Å². The number of nitrogens with zero attached hydrogens (tertiary/aromatic N) is 3. The van der Waals surface area contributed by atoms with Crippen LogP contribution in [0.25, 0.3) is 5.69 Å². The highest BCUT2D eigenvalue weighted by molar-refractivity contribution is 6.27. The highest BCUT2D eigenvalue weighted by atomic mass is 35.5. The van der Waals surface area contributed by atoms with E-state index in [-0.39, 0.29) is 24.1 Å². The maximum absolute atomic E-state index is 12.3. The fourth-order valence-corrected chi connectivity index (χ4v) is 3.15. The summed E-state index contributed by atoms with van der Waals surface area (Å²) >= 11 is 5.68. The van der Waals surface area contributed by atoms with Gasteiger partial charge in [-0.25, -0.2) is 9.48 Å². The van der Waals surface area contributed by atoms with Crippen LogP contribution in [0, 0.1) is 6.92 Å². The Bertz CT molecular complexity index is 799. The van der Waals surface area contributed by atoms with Gasteiger partial charge in [0.15, 0.2) is 5.69 Å². The molecular weight excluding hydrogens is 342 g/mol. The number of ether oxygens (including phenoxy) is 1. The second-order valence-electron chi connectivity index (χ2n) is 5.94. The number of benzene rings is 1. The van der Waals surface area contributed by atoms with Crippen molar-refractivity contribution in [1.29, 1.82) is 0 Å². The number of fused-ring (bicyclic) bond motifs is 1. The van der Waals surface area contributed by atoms with Crippen LogP contribution in [-0.4, -0.2) is 45.6 Å². The summed E-state index contributed by atoms with van der Waals surface area (Å²) in [5.74, 6) is -0.689. The van der Waals surface area contributed by atoms with E-state index in [0.29, 0.717) is 19.5 Å². The molecule has 1 aromatic heterocycles. The number of halogens is 1. The zero-order valence-corrected chi connectivity index (χ0v) is 15.0. The molecule has 0 saturated heterocycles. The van der Waals surface area contributed by atoms with Crippen LogP contribution in [0.3, 0.4) is 0 Å². The van der Waals surface area contributed by atoms with Crippen molar-refractivity contribution in [1.82, 2.24) is 14.7 Å². The third-order valence-corrected chi connectivity index (χ3v) is 4.50. The molecule has 0 saturated carbocycles. The lowest BCUT2D eigenvalue weighted by molar-refractivity contribution is -0.129. The molecule has 3 rings (SSSR count). The average molecular weight is 362 g/mol. The Balaban J connectivity index is 2.05. The topological polar surface area (TPSA) is 64.4 Å². The standard InChI is InChI=1S/C18H20ClN3O3/c1-3-25-18(24)17-14-11-21(16(23)10-19)9-8-15(14)22(20-17)13-6-4-12(2)5-7-13/h4-7H,3,8-11H2,1-2H3. The molecule has 0 aliphatic carbocycles. The molecule has 0 bridgehead atoms. The minimum absolute atomic E-state index is 0.0732. The summed E-state index contributed by atoms with van der Waals surface area (Å²) < 4.78 is 6.92. The Morgan fingerprint density at radius 2 is 2.00 bits per heavy atom. The number of aryl methyl sites for hydroxylation is 1. The van der Waals surface area contributed by atoms with Crippen LogP contribution in [0.1, 0.15) is 34.2 Å². The molecule has 7 heteroatoms. The first-order valence-electron chi connectivity index (χ1n) is 8.23. The van der Waals surface area contributed by atoms with Crippen molar-refractivity contribution < 1.29 is 14.3 Å². The smallest absolute Gasteiger partial charge is 0.359 e. The lowest BCUT2D eigenvalue weighted by Gasteiger charge is -2.27. The van der Waals surface area contributed by atoms with Crippen molar-refractivity contribution in [2.45, 2.75) is 26.8 Å². The fraction of sp³-hybridized carbons (Fsp3) is 0.389. The Labute approximate surface area is 151 Å². The molecule has 0 radical (unpaired) electrons.